The van der Waals surface area contributed by atoms with Crippen LogP contribution >= 0.6 is 0 Å². The fourth-order valence-electron chi connectivity index (χ4n) is 3.32. The van der Waals surface area contributed by atoms with Crippen LogP contribution in [0.25, 0.3) is 0 Å². The molecule has 0 aliphatic carbocycles. The minimum Gasteiger partial charge on any atom is -0.508 e. The zero-order chi connectivity index (χ0) is 15.7. The molecule has 3 rings (SSSR count). The molecule has 0 bridgehead atoms. The molecular weight excluding hydrogens is 284 g/mol. The summed E-state index contributed by atoms with van der Waals surface area (Å²) in [5.74, 6) is -0.938. The smallest absolute Gasteiger partial charge is 0.307 e. The van der Waals surface area contributed by atoms with E-state index in [1.165, 1.54) is 0 Å². The van der Waals surface area contributed by atoms with Gasteiger partial charge in [-0.15, -0.1) is 0 Å². The molecule has 0 radical (unpaired) electrons. The molecule has 0 aromatic heterocycles. The summed E-state index contributed by atoms with van der Waals surface area (Å²) in [6.07, 6.45) is 2.24. The van der Waals surface area contributed by atoms with Gasteiger partial charge < -0.3 is 15.1 Å². The molecular formula is C16H20N2O4. The fraction of sp³-hybridized carbons (Fsp3) is 0.500. The van der Waals surface area contributed by atoms with Crippen molar-refractivity contribution >= 4 is 17.6 Å². The van der Waals surface area contributed by atoms with Crippen LogP contribution in [0.4, 0.5) is 5.69 Å². The SMILES string of the molecule is O=C(O)[C@@H]1CCCN(CC(=O)N2CCc3cc(O)ccc32)C1. The lowest BCUT2D eigenvalue weighted by Gasteiger charge is -2.31. The maximum Gasteiger partial charge on any atom is 0.307 e. The number of aliphatic carboxylic acids is 1. The Bertz CT molecular complexity index is 602. The van der Waals surface area contributed by atoms with Crippen LogP contribution in [0.15, 0.2) is 18.2 Å². The number of likely N-dealkylation sites (tertiary alicyclic amines) is 1. The van der Waals surface area contributed by atoms with E-state index in [0.29, 0.717) is 19.5 Å². The number of amides is 1. The summed E-state index contributed by atoms with van der Waals surface area (Å²) in [7, 11) is 0. The van der Waals surface area contributed by atoms with Gasteiger partial charge in [-0.2, -0.15) is 0 Å². The molecule has 1 amide bonds. The molecule has 2 aliphatic heterocycles. The Kier molecular flexibility index (Phi) is 4.02. The number of benzene rings is 1. The molecule has 1 aromatic rings. The second-order valence-corrected chi connectivity index (χ2v) is 6.02. The molecule has 6 heteroatoms. The number of carboxylic acid groups (broad SMARTS) is 1. The molecule has 2 heterocycles. The number of nitrogens with zero attached hydrogens (tertiary/aromatic N) is 2. The lowest BCUT2D eigenvalue weighted by atomic mass is 9.98. The second-order valence-electron chi connectivity index (χ2n) is 6.02. The number of hydrogen-bond acceptors (Lipinski definition) is 4. The van der Waals surface area contributed by atoms with Crippen molar-refractivity contribution < 1.29 is 19.8 Å². The number of phenols is 1. The molecule has 1 saturated heterocycles. The van der Waals surface area contributed by atoms with Crippen molar-refractivity contribution in [1.29, 1.82) is 0 Å². The van der Waals surface area contributed by atoms with Crippen LogP contribution in [-0.2, 0) is 16.0 Å². The maximum absolute atomic E-state index is 12.5. The first-order valence-electron chi connectivity index (χ1n) is 7.62. The summed E-state index contributed by atoms with van der Waals surface area (Å²) in [4.78, 5) is 27.3. The van der Waals surface area contributed by atoms with Gasteiger partial charge in [-0.25, -0.2) is 0 Å². The Hall–Kier alpha value is -2.08. The first-order chi connectivity index (χ1) is 10.5. The van der Waals surface area contributed by atoms with E-state index >= 15 is 0 Å². The predicted molar refractivity (Wildman–Crippen MR) is 81.0 cm³/mol. The molecule has 22 heavy (non-hydrogen) atoms. The van der Waals surface area contributed by atoms with Gasteiger partial charge in [-0.05, 0) is 49.6 Å². The standard InChI is InChI=1S/C16H20N2O4/c19-13-3-4-14-11(8-13)5-7-18(14)15(20)10-17-6-1-2-12(9-17)16(21)22/h3-4,8,12,19H,1-2,5-7,9-10H2,(H,21,22)/t12-/m1/s1. The van der Waals surface area contributed by atoms with Crippen LogP contribution in [0.2, 0.25) is 0 Å². The lowest BCUT2D eigenvalue weighted by Crippen LogP contribution is -2.45. The topological polar surface area (TPSA) is 81.1 Å². The van der Waals surface area contributed by atoms with Crippen LogP contribution < -0.4 is 4.90 Å². The van der Waals surface area contributed by atoms with Gasteiger partial charge in [0, 0.05) is 18.8 Å². The van der Waals surface area contributed by atoms with E-state index in [1.807, 2.05) is 4.90 Å². The van der Waals surface area contributed by atoms with E-state index in [0.717, 1.165) is 30.6 Å². The third-order valence-electron chi connectivity index (χ3n) is 4.47. The number of carbonyl (C=O) groups excluding carboxylic acids is 1. The van der Waals surface area contributed by atoms with Gasteiger partial charge in [0.2, 0.25) is 5.91 Å². The molecule has 118 valence electrons. The van der Waals surface area contributed by atoms with Crippen molar-refractivity contribution in [2.45, 2.75) is 19.3 Å². The third-order valence-corrected chi connectivity index (χ3v) is 4.47. The van der Waals surface area contributed by atoms with Crippen LogP contribution in [0.5, 0.6) is 5.75 Å². The molecule has 0 saturated carbocycles. The van der Waals surface area contributed by atoms with Gasteiger partial charge in [0.1, 0.15) is 5.75 Å². The van der Waals surface area contributed by atoms with E-state index in [1.54, 1.807) is 23.1 Å². The number of carbonyl (C=O) groups is 2. The second kappa shape index (κ2) is 5.96. The number of rotatable bonds is 3. The molecule has 1 fully saturated rings. The normalized spacial score (nSPS) is 21.6. The van der Waals surface area contributed by atoms with Crippen LogP contribution in [0.1, 0.15) is 18.4 Å². The number of carboxylic acids is 1. The number of fused-ring (bicyclic) bond motifs is 1. The van der Waals surface area contributed by atoms with Crippen molar-refractivity contribution in [3.8, 4) is 5.75 Å². The molecule has 0 unspecified atom stereocenters. The maximum atomic E-state index is 12.5. The molecule has 2 aliphatic rings. The van der Waals surface area contributed by atoms with Crippen LogP contribution in [-0.4, -0.2) is 53.2 Å². The van der Waals surface area contributed by atoms with Crippen molar-refractivity contribution in [1.82, 2.24) is 4.90 Å². The fourth-order valence-corrected chi connectivity index (χ4v) is 3.32. The Morgan fingerprint density at radius 3 is 2.86 bits per heavy atom. The summed E-state index contributed by atoms with van der Waals surface area (Å²) >= 11 is 0. The average molecular weight is 304 g/mol. The first-order valence-corrected chi connectivity index (χ1v) is 7.62. The van der Waals surface area contributed by atoms with E-state index in [4.69, 9.17) is 5.11 Å². The first kappa shape index (κ1) is 14.8. The van der Waals surface area contributed by atoms with Crippen molar-refractivity contribution in [3.63, 3.8) is 0 Å². The highest BCUT2D eigenvalue weighted by molar-refractivity contribution is 5.97. The summed E-state index contributed by atoms with van der Waals surface area (Å²) in [6.45, 7) is 2.08. The number of piperidine rings is 1. The zero-order valence-corrected chi connectivity index (χ0v) is 12.4. The van der Waals surface area contributed by atoms with E-state index < -0.39 is 5.97 Å². The molecule has 0 spiro atoms. The summed E-state index contributed by atoms with van der Waals surface area (Å²) < 4.78 is 0. The third kappa shape index (κ3) is 2.92. The molecule has 6 nitrogen and oxygen atoms in total. The molecule has 1 aromatic carbocycles. The molecule has 1 atom stereocenters. The predicted octanol–water partition coefficient (Wildman–Crippen LogP) is 1.08. The van der Waals surface area contributed by atoms with Crippen molar-refractivity contribution in [2.75, 3.05) is 31.1 Å². The highest BCUT2D eigenvalue weighted by Gasteiger charge is 2.30. The van der Waals surface area contributed by atoms with E-state index in [-0.39, 0.29) is 24.1 Å². The van der Waals surface area contributed by atoms with E-state index in [2.05, 4.69) is 0 Å². The van der Waals surface area contributed by atoms with Gasteiger partial charge in [-0.3, -0.25) is 14.5 Å². The highest BCUT2D eigenvalue weighted by Crippen LogP contribution is 2.31. The van der Waals surface area contributed by atoms with Crippen molar-refractivity contribution in [3.05, 3.63) is 23.8 Å². The minimum atomic E-state index is -0.779. The minimum absolute atomic E-state index is 0.00419. The monoisotopic (exact) mass is 304 g/mol. The number of hydrogen-bond donors (Lipinski definition) is 2. The Morgan fingerprint density at radius 2 is 2.09 bits per heavy atom. The number of aromatic hydroxyl groups is 1. The van der Waals surface area contributed by atoms with Gasteiger partial charge in [0.05, 0.1) is 12.5 Å². The van der Waals surface area contributed by atoms with Gasteiger partial charge >= 0.3 is 5.97 Å². The van der Waals surface area contributed by atoms with Gasteiger partial charge in [0.15, 0.2) is 0 Å². The largest absolute Gasteiger partial charge is 0.508 e. The summed E-state index contributed by atoms with van der Waals surface area (Å²) in [6, 6.07) is 5.06. The zero-order valence-electron chi connectivity index (χ0n) is 12.4. The Morgan fingerprint density at radius 1 is 1.27 bits per heavy atom. The summed E-state index contributed by atoms with van der Waals surface area (Å²) in [5, 5.41) is 18.6. The number of phenolic OH excluding ortho intramolecular Hbond substituents is 1. The van der Waals surface area contributed by atoms with Crippen molar-refractivity contribution in [2.24, 2.45) is 5.92 Å². The average Bonchev–Trinajstić information content (AvgIpc) is 2.90. The Balaban J connectivity index is 1.65. The number of anilines is 1. The highest BCUT2D eigenvalue weighted by atomic mass is 16.4. The van der Waals surface area contributed by atoms with Gasteiger partial charge in [-0.1, -0.05) is 0 Å². The Labute approximate surface area is 129 Å². The lowest BCUT2D eigenvalue weighted by molar-refractivity contribution is -0.144. The summed E-state index contributed by atoms with van der Waals surface area (Å²) in [5.41, 5.74) is 1.84. The van der Waals surface area contributed by atoms with E-state index in [9.17, 15) is 14.7 Å². The molecule has 2 N–H and O–H groups in total. The van der Waals surface area contributed by atoms with Crippen LogP contribution in [0.3, 0.4) is 0 Å². The van der Waals surface area contributed by atoms with Gasteiger partial charge in [0.25, 0.3) is 0 Å². The quantitative estimate of drug-likeness (QED) is 0.873. The van der Waals surface area contributed by atoms with Crippen LogP contribution in [0, 0.1) is 5.92 Å².